The minimum atomic E-state index is -0.228. The summed E-state index contributed by atoms with van der Waals surface area (Å²) in [6, 6.07) is 21.0. The van der Waals surface area contributed by atoms with Gasteiger partial charge in [0.05, 0.1) is 11.0 Å². The van der Waals surface area contributed by atoms with Crippen molar-refractivity contribution in [3.8, 4) is 5.75 Å². The second kappa shape index (κ2) is 8.08. The maximum absolute atomic E-state index is 13.3. The van der Waals surface area contributed by atoms with Gasteiger partial charge in [0, 0.05) is 6.54 Å². The third kappa shape index (κ3) is 4.16. The van der Waals surface area contributed by atoms with Crippen LogP contribution < -0.4 is 4.74 Å². The molecule has 0 unspecified atom stereocenters. The minimum absolute atomic E-state index is 0.228. The third-order valence-corrected chi connectivity index (χ3v) is 5.14. The number of rotatable bonds is 6. The average Bonchev–Trinajstić information content (AvgIpc) is 3.05. The van der Waals surface area contributed by atoms with Crippen LogP contribution in [0.25, 0.3) is 11.0 Å². The van der Waals surface area contributed by atoms with Crippen LogP contribution in [0.5, 0.6) is 5.75 Å². The highest BCUT2D eigenvalue weighted by Crippen LogP contribution is 2.28. The van der Waals surface area contributed by atoms with Crippen LogP contribution >= 0.6 is 0 Å². The molecule has 0 N–H and O–H groups in total. The van der Waals surface area contributed by atoms with E-state index in [2.05, 4.69) is 49.6 Å². The van der Waals surface area contributed by atoms with Crippen LogP contribution in [0.2, 0.25) is 0 Å². The highest BCUT2D eigenvalue weighted by atomic mass is 19.1. The van der Waals surface area contributed by atoms with Crippen molar-refractivity contribution < 1.29 is 9.13 Å². The minimum Gasteiger partial charge on any atom is -0.485 e. The smallest absolute Gasteiger partial charge is 0.148 e. The predicted octanol–water partition coefficient (Wildman–Crippen LogP) is 6.23. The zero-order valence-corrected chi connectivity index (χ0v) is 17.0. The SMILES string of the molecule is Cc1ccc(C(C)C)c(OCc2nc3ccccc3n2Cc2ccc(F)cc2)c1. The van der Waals surface area contributed by atoms with E-state index in [1.807, 2.05) is 30.3 Å². The molecule has 3 nitrogen and oxygen atoms in total. The molecule has 1 heterocycles. The molecule has 0 amide bonds. The second-order valence-electron chi connectivity index (χ2n) is 7.71. The van der Waals surface area contributed by atoms with Crippen LogP contribution in [-0.4, -0.2) is 9.55 Å². The number of fused-ring (bicyclic) bond motifs is 1. The van der Waals surface area contributed by atoms with E-state index in [-0.39, 0.29) is 5.82 Å². The Morgan fingerprint density at radius 1 is 1.00 bits per heavy atom. The van der Waals surface area contributed by atoms with Crippen LogP contribution in [0.1, 0.15) is 42.3 Å². The van der Waals surface area contributed by atoms with Gasteiger partial charge in [-0.2, -0.15) is 0 Å². The maximum Gasteiger partial charge on any atom is 0.148 e. The Labute approximate surface area is 170 Å². The zero-order chi connectivity index (χ0) is 20.4. The zero-order valence-electron chi connectivity index (χ0n) is 17.0. The monoisotopic (exact) mass is 388 g/mol. The van der Waals surface area contributed by atoms with Crippen molar-refractivity contribution in [3.05, 3.63) is 95.1 Å². The van der Waals surface area contributed by atoms with E-state index in [0.717, 1.165) is 28.2 Å². The Bertz CT molecular complexity index is 1130. The summed E-state index contributed by atoms with van der Waals surface area (Å²) in [7, 11) is 0. The molecule has 0 aliphatic carbocycles. The first kappa shape index (κ1) is 19.2. The molecular formula is C25H25FN2O. The molecular weight excluding hydrogens is 363 g/mol. The van der Waals surface area contributed by atoms with E-state index in [0.29, 0.717) is 19.1 Å². The van der Waals surface area contributed by atoms with Crippen molar-refractivity contribution in [1.29, 1.82) is 0 Å². The van der Waals surface area contributed by atoms with Gasteiger partial charge in [-0.15, -0.1) is 0 Å². The van der Waals surface area contributed by atoms with Crippen molar-refractivity contribution >= 4 is 11.0 Å². The summed E-state index contributed by atoms with van der Waals surface area (Å²) in [5, 5.41) is 0. The number of hydrogen-bond donors (Lipinski definition) is 0. The van der Waals surface area contributed by atoms with Crippen molar-refractivity contribution in [2.75, 3.05) is 0 Å². The molecule has 4 aromatic rings. The van der Waals surface area contributed by atoms with Gasteiger partial charge < -0.3 is 9.30 Å². The molecule has 0 radical (unpaired) electrons. The predicted molar refractivity (Wildman–Crippen MR) is 115 cm³/mol. The van der Waals surface area contributed by atoms with E-state index < -0.39 is 0 Å². The van der Waals surface area contributed by atoms with Gasteiger partial charge in [0.15, 0.2) is 0 Å². The second-order valence-corrected chi connectivity index (χ2v) is 7.71. The summed E-state index contributed by atoms with van der Waals surface area (Å²) in [5.74, 6) is 1.91. The third-order valence-electron chi connectivity index (χ3n) is 5.14. The van der Waals surface area contributed by atoms with Crippen molar-refractivity contribution in [2.45, 2.75) is 39.8 Å². The number of imidazole rings is 1. The van der Waals surface area contributed by atoms with E-state index in [1.165, 1.54) is 23.3 Å². The van der Waals surface area contributed by atoms with Crippen molar-refractivity contribution in [2.24, 2.45) is 0 Å². The lowest BCUT2D eigenvalue weighted by molar-refractivity contribution is 0.287. The van der Waals surface area contributed by atoms with Gasteiger partial charge in [-0.1, -0.05) is 50.2 Å². The molecule has 0 saturated carbocycles. The number of aromatic nitrogens is 2. The Hall–Kier alpha value is -3.14. The molecule has 4 rings (SSSR count). The fourth-order valence-electron chi connectivity index (χ4n) is 3.57. The Morgan fingerprint density at radius 3 is 2.52 bits per heavy atom. The van der Waals surface area contributed by atoms with Gasteiger partial charge in [0.2, 0.25) is 0 Å². The molecule has 0 aliphatic heterocycles. The summed E-state index contributed by atoms with van der Waals surface area (Å²) in [5.41, 5.74) is 5.36. The molecule has 4 heteroatoms. The highest BCUT2D eigenvalue weighted by molar-refractivity contribution is 5.76. The quantitative estimate of drug-likeness (QED) is 0.391. The van der Waals surface area contributed by atoms with E-state index >= 15 is 0 Å². The number of ether oxygens (including phenoxy) is 1. The molecule has 0 fully saturated rings. The lowest BCUT2D eigenvalue weighted by Gasteiger charge is -2.16. The Morgan fingerprint density at radius 2 is 1.76 bits per heavy atom. The number of para-hydroxylation sites is 2. The fraction of sp³-hybridized carbons (Fsp3) is 0.240. The summed E-state index contributed by atoms with van der Waals surface area (Å²) >= 11 is 0. The maximum atomic E-state index is 13.3. The lowest BCUT2D eigenvalue weighted by atomic mass is 10.0. The van der Waals surface area contributed by atoms with Crippen LogP contribution in [-0.2, 0) is 13.2 Å². The van der Waals surface area contributed by atoms with Crippen LogP contribution in [0, 0.1) is 12.7 Å². The first-order valence-electron chi connectivity index (χ1n) is 9.93. The highest BCUT2D eigenvalue weighted by Gasteiger charge is 2.14. The molecule has 0 atom stereocenters. The van der Waals surface area contributed by atoms with Gasteiger partial charge in [-0.25, -0.2) is 9.37 Å². The van der Waals surface area contributed by atoms with Gasteiger partial charge in [-0.05, 0) is 59.9 Å². The number of halogens is 1. The molecule has 148 valence electrons. The molecule has 3 aromatic carbocycles. The van der Waals surface area contributed by atoms with Crippen LogP contribution in [0.3, 0.4) is 0 Å². The van der Waals surface area contributed by atoms with E-state index in [1.54, 1.807) is 0 Å². The van der Waals surface area contributed by atoms with Crippen molar-refractivity contribution in [1.82, 2.24) is 9.55 Å². The molecule has 0 aliphatic rings. The number of aryl methyl sites for hydroxylation is 1. The molecule has 0 saturated heterocycles. The standard InChI is InChI=1S/C25H25FN2O/c1-17(2)21-13-8-18(3)14-24(21)29-16-25-27-22-6-4-5-7-23(22)28(25)15-19-9-11-20(26)12-10-19/h4-14,17H,15-16H2,1-3H3. The van der Waals surface area contributed by atoms with Gasteiger partial charge >= 0.3 is 0 Å². The average molecular weight is 388 g/mol. The normalized spacial score (nSPS) is 11.3. The van der Waals surface area contributed by atoms with Crippen molar-refractivity contribution in [3.63, 3.8) is 0 Å². The summed E-state index contributed by atoms with van der Waals surface area (Å²) in [6.45, 7) is 7.40. The first-order chi connectivity index (χ1) is 14.0. The summed E-state index contributed by atoms with van der Waals surface area (Å²) in [6.07, 6.45) is 0. The van der Waals surface area contributed by atoms with Gasteiger partial charge in [0.25, 0.3) is 0 Å². The Kier molecular flexibility index (Phi) is 5.34. The van der Waals surface area contributed by atoms with Crippen LogP contribution in [0.15, 0.2) is 66.7 Å². The Balaban J connectivity index is 1.67. The molecule has 0 bridgehead atoms. The largest absolute Gasteiger partial charge is 0.485 e. The number of hydrogen-bond acceptors (Lipinski definition) is 2. The first-order valence-corrected chi connectivity index (χ1v) is 9.93. The molecule has 29 heavy (non-hydrogen) atoms. The van der Waals surface area contributed by atoms with Gasteiger partial charge in [0.1, 0.15) is 24.0 Å². The summed E-state index contributed by atoms with van der Waals surface area (Å²) in [4.78, 5) is 4.80. The van der Waals surface area contributed by atoms with E-state index in [4.69, 9.17) is 9.72 Å². The number of nitrogens with zero attached hydrogens (tertiary/aromatic N) is 2. The number of benzene rings is 3. The molecule has 0 spiro atoms. The summed E-state index contributed by atoms with van der Waals surface area (Å²) < 4.78 is 21.7. The molecule has 1 aromatic heterocycles. The van der Waals surface area contributed by atoms with Crippen LogP contribution in [0.4, 0.5) is 4.39 Å². The fourth-order valence-corrected chi connectivity index (χ4v) is 3.57. The topological polar surface area (TPSA) is 27.1 Å². The van der Waals surface area contributed by atoms with E-state index in [9.17, 15) is 4.39 Å². The van der Waals surface area contributed by atoms with Gasteiger partial charge in [-0.3, -0.25) is 0 Å². The lowest BCUT2D eigenvalue weighted by Crippen LogP contribution is -2.09.